The summed E-state index contributed by atoms with van der Waals surface area (Å²) in [4.78, 5) is 36.3. The molecule has 1 heterocycles. The number of rotatable bonds is 5. The summed E-state index contributed by atoms with van der Waals surface area (Å²) >= 11 is 0. The van der Waals surface area contributed by atoms with Crippen LogP contribution in [0.1, 0.15) is 38.3 Å². The largest absolute Gasteiger partial charge is 0.458 e. The lowest BCUT2D eigenvalue weighted by atomic mass is 9.92. The highest BCUT2D eigenvalue weighted by molar-refractivity contribution is 5.97. The maximum Gasteiger partial charge on any atom is 0.305 e. The summed E-state index contributed by atoms with van der Waals surface area (Å²) in [6, 6.07) is 4.24. The fourth-order valence-corrected chi connectivity index (χ4v) is 2.93. The molecule has 1 aliphatic heterocycles. The molecular formula is C16H21N3O5. The zero-order chi connectivity index (χ0) is 17.9. The van der Waals surface area contributed by atoms with Gasteiger partial charge in [0.1, 0.15) is 11.8 Å². The topological polar surface area (TPSA) is 102 Å². The number of amides is 1. The van der Waals surface area contributed by atoms with Crippen molar-refractivity contribution >= 4 is 23.3 Å². The van der Waals surface area contributed by atoms with Crippen LogP contribution in [0.5, 0.6) is 0 Å². The predicted molar refractivity (Wildman–Crippen MR) is 87.7 cm³/mol. The van der Waals surface area contributed by atoms with Crippen LogP contribution in [-0.4, -0.2) is 36.5 Å². The van der Waals surface area contributed by atoms with E-state index in [0.717, 1.165) is 0 Å². The average Bonchev–Trinajstić information content (AvgIpc) is 2.59. The molecule has 0 radical (unpaired) electrons. The van der Waals surface area contributed by atoms with E-state index in [-0.39, 0.29) is 42.6 Å². The summed E-state index contributed by atoms with van der Waals surface area (Å²) in [6.07, 6.45) is -0.187. The molecule has 0 fully saturated rings. The number of carbonyl (C=O) groups excluding carboxylic acids is 2. The molecule has 0 aromatic heterocycles. The van der Waals surface area contributed by atoms with Gasteiger partial charge in [-0.05, 0) is 7.05 Å². The Balaban J connectivity index is 2.57. The molecule has 0 saturated carbocycles. The van der Waals surface area contributed by atoms with Crippen molar-refractivity contribution in [1.82, 2.24) is 5.32 Å². The number of anilines is 1. The quantitative estimate of drug-likeness (QED) is 0.501. The third-order valence-corrected chi connectivity index (χ3v) is 4.07. The van der Waals surface area contributed by atoms with Crippen molar-refractivity contribution in [2.45, 2.75) is 38.8 Å². The number of nitro benzene ring substituents is 1. The highest BCUT2D eigenvalue weighted by Gasteiger charge is 2.40. The van der Waals surface area contributed by atoms with Crippen LogP contribution in [0.4, 0.5) is 11.4 Å². The average molecular weight is 335 g/mol. The Morgan fingerprint density at radius 3 is 2.62 bits per heavy atom. The molecule has 8 nitrogen and oxygen atoms in total. The molecule has 0 bridgehead atoms. The number of benzene rings is 1. The molecule has 8 heteroatoms. The Kier molecular flexibility index (Phi) is 5.50. The van der Waals surface area contributed by atoms with Crippen molar-refractivity contribution in [1.29, 1.82) is 0 Å². The lowest BCUT2D eigenvalue weighted by molar-refractivity contribution is -0.384. The molecule has 0 spiro atoms. The molecule has 2 atom stereocenters. The van der Waals surface area contributed by atoms with Crippen LogP contribution in [0.2, 0.25) is 0 Å². The van der Waals surface area contributed by atoms with Gasteiger partial charge in [0, 0.05) is 24.5 Å². The highest BCUT2D eigenvalue weighted by atomic mass is 16.6. The van der Waals surface area contributed by atoms with Crippen molar-refractivity contribution in [3.8, 4) is 0 Å². The minimum atomic E-state index is -0.604. The van der Waals surface area contributed by atoms with Crippen molar-refractivity contribution in [2.75, 3.05) is 18.5 Å². The monoisotopic (exact) mass is 335 g/mol. The van der Waals surface area contributed by atoms with Gasteiger partial charge in [-0.15, -0.1) is 0 Å². The number of likely N-dealkylation sites (N-methyl/N-ethyl adjacent to an activating group) is 1. The Hall–Kier alpha value is -2.48. The fraction of sp³-hybridized carbons (Fsp3) is 0.500. The van der Waals surface area contributed by atoms with Crippen LogP contribution in [0.25, 0.3) is 0 Å². The third-order valence-electron chi connectivity index (χ3n) is 4.07. The number of para-hydroxylation sites is 1. The second-order valence-corrected chi connectivity index (χ2v) is 5.48. The number of nitrogens with one attached hydrogen (secondary N) is 1. The van der Waals surface area contributed by atoms with Gasteiger partial charge in [-0.2, -0.15) is 0 Å². The maximum absolute atomic E-state index is 12.3. The fourth-order valence-electron chi connectivity index (χ4n) is 2.93. The molecule has 0 unspecified atom stereocenters. The molecule has 24 heavy (non-hydrogen) atoms. The van der Waals surface area contributed by atoms with E-state index >= 15 is 0 Å². The van der Waals surface area contributed by atoms with Gasteiger partial charge in [-0.3, -0.25) is 19.7 Å². The van der Waals surface area contributed by atoms with E-state index < -0.39 is 17.1 Å². The lowest BCUT2D eigenvalue weighted by Gasteiger charge is -2.38. The third kappa shape index (κ3) is 3.23. The van der Waals surface area contributed by atoms with Gasteiger partial charge in [0.2, 0.25) is 5.91 Å². The standard InChI is InChI=1S/C16H21N3O5/c1-4-13(20)18-9-12(24-14(21)5-2)15(17-3)10-7-6-8-11(16(10)18)19(22)23/h6-8,12,15,17H,4-5,9H2,1-3H3/t12-,15-/m1/s1. The van der Waals surface area contributed by atoms with Gasteiger partial charge in [0.05, 0.1) is 17.5 Å². The summed E-state index contributed by atoms with van der Waals surface area (Å²) in [5, 5.41) is 14.4. The lowest BCUT2D eigenvalue weighted by Crippen LogP contribution is -2.49. The molecule has 1 N–H and O–H groups in total. The van der Waals surface area contributed by atoms with Gasteiger partial charge in [0.25, 0.3) is 5.69 Å². The molecule has 130 valence electrons. The number of ether oxygens (including phenoxy) is 1. The van der Waals surface area contributed by atoms with Crippen molar-refractivity contribution in [2.24, 2.45) is 0 Å². The van der Waals surface area contributed by atoms with E-state index in [1.54, 1.807) is 33.0 Å². The van der Waals surface area contributed by atoms with E-state index in [4.69, 9.17) is 4.74 Å². The summed E-state index contributed by atoms with van der Waals surface area (Å²) in [7, 11) is 1.69. The predicted octanol–water partition coefficient (Wildman–Crippen LogP) is 1.93. The summed E-state index contributed by atoms with van der Waals surface area (Å²) < 4.78 is 5.46. The number of esters is 1. The van der Waals surface area contributed by atoms with Crippen LogP contribution < -0.4 is 10.2 Å². The maximum atomic E-state index is 12.3. The molecule has 2 rings (SSSR count). The summed E-state index contributed by atoms with van der Waals surface area (Å²) in [5.74, 6) is -0.629. The van der Waals surface area contributed by atoms with Crippen LogP contribution >= 0.6 is 0 Å². The first-order valence-corrected chi connectivity index (χ1v) is 7.88. The minimum Gasteiger partial charge on any atom is -0.458 e. The van der Waals surface area contributed by atoms with Crippen LogP contribution in [0.15, 0.2) is 18.2 Å². The van der Waals surface area contributed by atoms with Crippen molar-refractivity contribution < 1.29 is 19.2 Å². The van der Waals surface area contributed by atoms with Crippen molar-refractivity contribution in [3.63, 3.8) is 0 Å². The molecule has 1 aliphatic rings. The number of nitrogens with zero attached hydrogens (tertiary/aromatic N) is 2. The summed E-state index contributed by atoms with van der Waals surface area (Å²) in [6.45, 7) is 3.46. The Morgan fingerprint density at radius 2 is 2.08 bits per heavy atom. The Labute approximate surface area is 139 Å². The first kappa shape index (κ1) is 17.9. The van der Waals surface area contributed by atoms with E-state index in [1.807, 2.05) is 0 Å². The van der Waals surface area contributed by atoms with Crippen LogP contribution in [-0.2, 0) is 14.3 Å². The van der Waals surface area contributed by atoms with E-state index in [0.29, 0.717) is 5.56 Å². The van der Waals surface area contributed by atoms with Crippen molar-refractivity contribution in [3.05, 3.63) is 33.9 Å². The molecule has 0 saturated heterocycles. The molecule has 1 aromatic carbocycles. The van der Waals surface area contributed by atoms with Gasteiger partial charge >= 0.3 is 5.97 Å². The number of carbonyl (C=O) groups is 2. The highest BCUT2D eigenvalue weighted by Crippen LogP contribution is 2.41. The second kappa shape index (κ2) is 7.39. The SMILES string of the molecule is CCC(=O)O[C@@H]1CN(C(=O)CC)c2c(cccc2[N+](=O)[O-])[C@H]1NC. The van der Waals surface area contributed by atoms with Gasteiger partial charge in [-0.25, -0.2) is 0 Å². The molecule has 1 amide bonds. The Morgan fingerprint density at radius 1 is 1.38 bits per heavy atom. The first-order chi connectivity index (χ1) is 11.4. The normalized spacial score (nSPS) is 19.5. The number of nitro groups is 1. The van der Waals surface area contributed by atoms with E-state index in [9.17, 15) is 19.7 Å². The first-order valence-electron chi connectivity index (χ1n) is 7.88. The zero-order valence-electron chi connectivity index (χ0n) is 13.9. The zero-order valence-corrected chi connectivity index (χ0v) is 13.9. The van der Waals surface area contributed by atoms with Gasteiger partial charge < -0.3 is 15.0 Å². The second-order valence-electron chi connectivity index (χ2n) is 5.48. The summed E-state index contributed by atoms with van der Waals surface area (Å²) in [5.41, 5.74) is 0.723. The smallest absolute Gasteiger partial charge is 0.305 e. The number of hydrogen-bond acceptors (Lipinski definition) is 6. The van der Waals surface area contributed by atoms with Crippen LogP contribution in [0.3, 0.4) is 0 Å². The Bertz CT molecular complexity index is 661. The molecular weight excluding hydrogens is 314 g/mol. The minimum absolute atomic E-state index is 0.0851. The number of fused-ring (bicyclic) bond motifs is 1. The van der Waals surface area contributed by atoms with Gasteiger partial charge in [0.15, 0.2) is 0 Å². The van der Waals surface area contributed by atoms with Crippen LogP contribution in [0, 0.1) is 10.1 Å². The van der Waals surface area contributed by atoms with E-state index in [2.05, 4.69) is 5.32 Å². The number of hydrogen-bond donors (Lipinski definition) is 1. The molecule has 1 aromatic rings. The molecule has 0 aliphatic carbocycles. The van der Waals surface area contributed by atoms with E-state index in [1.165, 1.54) is 11.0 Å². The van der Waals surface area contributed by atoms with Gasteiger partial charge in [-0.1, -0.05) is 26.0 Å².